The number of hydrogen-bond donors (Lipinski definition) is 2. The predicted molar refractivity (Wildman–Crippen MR) is 80.7 cm³/mol. The van der Waals surface area contributed by atoms with E-state index in [1.165, 1.54) is 17.1 Å². The summed E-state index contributed by atoms with van der Waals surface area (Å²) in [4.78, 5) is 10.0. The fourth-order valence-electron chi connectivity index (χ4n) is 1.86. The highest BCUT2D eigenvalue weighted by Crippen LogP contribution is 2.11. The molecule has 0 saturated heterocycles. The quantitative estimate of drug-likeness (QED) is 0.583. The molecule has 112 valence electrons. The molecule has 0 radical (unpaired) electrons. The lowest BCUT2D eigenvalue weighted by Gasteiger charge is -2.11. The number of benzene rings is 1. The Bertz CT molecular complexity index is 617. The van der Waals surface area contributed by atoms with Crippen molar-refractivity contribution in [2.45, 2.75) is 19.2 Å². The molecule has 0 aliphatic heterocycles. The largest absolute Gasteiger partial charge is 0.390 e. The predicted octanol–water partition coefficient (Wildman–Crippen LogP) is 1.70. The van der Waals surface area contributed by atoms with Crippen LogP contribution in [-0.4, -0.2) is 32.5 Å². The summed E-state index contributed by atoms with van der Waals surface area (Å²) in [7, 11) is 0. The van der Waals surface area contributed by atoms with E-state index in [0.29, 0.717) is 13.1 Å². The van der Waals surface area contributed by atoms with Crippen molar-refractivity contribution in [1.29, 1.82) is 0 Å². The van der Waals surface area contributed by atoms with E-state index < -0.39 is 11.0 Å². The maximum atomic E-state index is 10.5. The first-order valence-corrected chi connectivity index (χ1v) is 7.14. The van der Waals surface area contributed by atoms with Gasteiger partial charge in [0.15, 0.2) is 0 Å². The van der Waals surface area contributed by atoms with E-state index >= 15 is 0 Å². The van der Waals surface area contributed by atoms with Crippen LogP contribution in [0.4, 0.5) is 5.69 Å². The number of aliphatic hydroxyl groups excluding tert-OH is 1. The monoisotopic (exact) mass is 354 g/mol. The Morgan fingerprint density at radius 2 is 2.33 bits per heavy atom. The normalized spacial score (nSPS) is 12.3. The summed E-state index contributed by atoms with van der Waals surface area (Å²) in [6.45, 7) is 1.22. The molecule has 1 heterocycles. The molecular formula is C13H15BrN4O3. The molecule has 2 aromatic rings. The number of aromatic nitrogens is 2. The van der Waals surface area contributed by atoms with Crippen molar-refractivity contribution in [2.24, 2.45) is 0 Å². The molecule has 1 atom stereocenters. The van der Waals surface area contributed by atoms with Crippen LogP contribution < -0.4 is 5.32 Å². The van der Waals surface area contributed by atoms with E-state index in [0.717, 1.165) is 10.0 Å². The van der Waals surface area contributed by atoms with Gasteiger partial charge in [0, 0.05) is 17.6 Å². The van der Waals surface area contributed by atoms with Gasteiger partial charge in [0.1, 0.15) is 12.4 Å². The SMILES string of the molecule is O=[N+]([O-])c1cnn(CC(O)CNCc2cccc(Br)c2)c1. The third kappa shape index (κ3) is 4.92. The van der Waals surface area contributed by atoms with Crippen molar-refractivity contribution in [3.8, 4) is 0 Å². The van der Waals surface area contributed by atoms with Crippen molar-refractivity contribution in [2.75, 3.05) is 6.54 Å². The Hall–Kier alpha value is -1.77. The zero-order valence-electron chi connectivity index (χ0n) is 11.1. The summed E-state index contributed by atoms with van der Waals surface area (Å²) in [5.41, 5.74) is 1.02. The lowest BCUT2D eigenvalue weighted by Crippen LogP contribution is -2.30. The molecule has 1 unspecified atom stereocenters. The van der Waals surface area contributed by atoms with Crippen LogP contribution in [0.1, 0.15) is 5.56 Å². The van der Waals surface area contributed by atoms with Crippen molar-refractivity contribution in [3.63, 3.8) is 0 Å². The topological polar surface area (TPSA) is 93.2 Å². The van der Waals surface area contributed by atoms with Crippen molar-refractivity contribution in [1.82, 2.24) is 15.1 Å². The maximum Gasteiger partial charge on any atom is 0.306 e. The molecule has 21 heavy (non-hydrogen) atoms. The van der Waals surface area contributed by atoms with Crippen LogP contribution in [0.25, 0.3) is 0 Å². The number of hydrogen-bond acceptors (Lipinski definition) is 5. The third-order valence-corrected chi connectivity index (χ3v) is 3.32. The molecular weight excluding hydrogens is 340 g/mol. The van der Waals surface area contributed by atoms with Gasteiger partial charge in [-0.3, -0.25) is 14.8 Å². The molecule has 0 bridgehead atoms. The fourth-order valence-corrected chi connectivity index (χ4v) is 2.30. The van der Waals surface area contributed by atoms with Crippen molar-refractivity contribution in [3.05, 3.63) is 56.8 Å². The summed E-state index contributed by atoms with van der Waals surface area (Å²) >= 11 is 3.40. The van der Waals surface area contributed by atoms with Crippen LogP contribution in [0.2, 0.25) is 0 Å². The Morgan fingerprint density at radius 1 is 1.52 bits per heavy atom. The molecule has 0 saturated carbocycles. The van der Waals surface area contributed by atoms with Gasteiger partial charge in [-0.1, -0.05) is 28.1 Å². The maximum absolute atomic E-state index is 10.5. The number of nitrogens with one attached hydrogen (secondary N) is 1. The number of aliphatic hydroxyl groups is 1. The number of rotatable bonds is 7. The van der Waals surface area contributed by atoms with Gasteiger partial charge in [0.25, 0.3) is 0 Å². The van der Waals surface area contributed by atoms with Gasteiger partial charge in [-0.15, -0.1) is 0 Å². The minimum Gasteiger partial charge on any atom is -0.390 e. The van der Waals surface area contributed by atoms with Crippen molar-refractivity contribution >= 4 is 21.6 Å². The van der Waals surface area contributed by atoms with E-state index in [1.54, 1.807) is 0 Å². The van der Waals surface area contributed by atoms with Crippen molar-refractivity contribution < 1.29 is 10.0 Å². The van der Waals surface area contributed by atoms with Gasteiger partial charge in [-0.25, -0.2) is 0 Å². The second-order valence-electron chi connectivity index (χ2n) is 4.59. The van der Waals surface area contributed by atoms with E-state index in [-0.39, 0.29) is 12.2 Å². The van der Waals surface area contributed by atoms with Gasteiger partial charge >= 0.3 is 5.69 Å². The van der Waals surface area contributed by atoms with E-state index in [9.17, 15) is 15.2 Å². The summed E-state index contributed by atoms with van der Waals surface area (Å²) in [5.74, 6) is 0. The minimum atomic E-state index is -0.670. The van der Waals surface area contributed by atoms with Gasteiger partial charge < -0.3 is 10.4 Å². The highest BCUT2D eigenvalue weighted by Gasteiger charge is 2.11. The van der Waals surface area contributed by atoms with Gasteiger partial charge in [-0.05, 0) is 17.7 Å². The molecule has 0 fully saturated rings. The van der Waals surface area contributed by atoms with E-state index in [4.69, 9.17) is 0 Å². The summed E-state index contributed by atoms with van der Waals surface area (Å²) in [6, 6.07) is 7.88. The highest BCUT2D eigenvalue weighted by molar-refractivity contribution is 9.10. The lowest BCUT2D eigenvalue weighted by atomic mass is 10.2. The van der Waals surface area contributed by atoms with Crippen LogP contribution in [0.3, 0.4) is 0 Å². The van der Waals surface area contributed by atoms with E-state index in [1.807, 2.05) is 24.3 Å². The second kappa shape index (κ2) is 7.30. The molecule has 0 amide bonds. The number of nitrogens with zero attached hydrogens (tertiary/aromatic N) is 3. The zero-order chi connectivity index (χ0) is 15.2. The third-order valence-electron chi connectivity index (χ3n) is 2.83. The molecule has 0 aliphatic carbocycles. The first-order chi connectivity index (χ1) is 10.0. The molecule has 7 nitrogen and oxygen atoms in total. The molecule has 0 spiro atoms. The molecule has 1 aromatic heterocycles. The molecule has 0 aliphatic rings. The van der Waals surface area contributed by atoms with Gasteiger partial charge in [-0.2, -0.15) is 5.10 Å². The summed E-state index contributed by atoms with van der Waals surface area (Å²) < 4.78 is 2.37. The smallest absolute Gasteiger partial charge is 0.306 e. The van der Waals surface area contributed by atoms with Crippen LogP contribution in [-0.2, 0) is 13.1 Å². The Kier molecular flexibility index (Phi) is 5.43. The zero-order valence-corrected chi connectivity index (χ0v) is 12.7. The van der Waals surface area contributed by atoms with Crippen LogP contribution in [0.15, 0.2) is 41.1 Å². The Morgan fingerprint density at radius 3 is 3.00 bits per heavy atom. The minimum absolute atomic E-state index is 0.0794. The van der Waals surface area contributed by atoms with Crippen LogP contribution in [0, 0.1) is 10.1 Å². The van der Waals surface area contributed by atoms with Gasteiger partial charge in [0.05, 0.1) is 17.6 Å². The average molecular weight is 355 g/mol. The molecule has 2 rings (SSSR count). The lowest BCUT2D eigenvalue weighted by molar-refractivity contribution is -0.385. The molecule has 8 heteroatoms. The Balaban J connectivity index is 1.76. The Labute approximate surface area is 129 Å². The van der Waals surface area contributed by atoms with Crippen LogP contribution >= 0.6 is 15.9 Å². The summed E-state index contributed by atoms with van der Waals surface area (Å²) in [6.07, 6.45) is 1.80. The highest BCUT2D eigenvalue weighted by atomic mass is 79.9. The standard InChI is InChI=1S/C13H15BrN4O3/c14-11-3-1-2-10(4-11)5-15-7-13(19)9-17-8-12(6-16-17)18(20)21/h1-4,6,8,13,15,19H,5,7,9H2. The summed E-state index contributed by atoms with van der Waals surface area (Å²) in [5, 5.41) is 27.4. The molecule has 2 N–H and O–H groups in total. The first kappa shape index (κ1) is 15.6. The molecule has 1 aromatic carbocycles. The first-order valence-electron chi connectivity index (χ1n) is 6.34. The fraction of sp³-hybridized carbons (Fsp3) is 0.308. The number of nitro groups is 1. The van der Waals surface area contributed by atoms with E-state index in [2.05, 4.69) is 26.3 Å². The number of halogens is 1. The average Bonchev–Trinajstić information content (AvgIpc) is 2.87. The second-order valence-corrected chi connectivity index (χ2v) is 5.51. The van der Waals surface area contributed by atoms with Crippen LogP contribution in [0.5, 0.6) is 0 Å². The van der Waals surface area contributed by atoms with Gasteiger partial charge in [0.2, 0.25) is 0 Å².